The lowest BCUT2D eigenvalue weighted by atomic mass is 10.1. The third-order valence-corrected chi connectivity index (χ3v) is 6.41. The Morgan fingerprint density at radius 1 is 1.17 bits per heavy atom. The predicted molar refractivity (Wildman–Crippen MR) is 113 cm³/mol. The molecule has 0 bridgehead atoms. The zero-order valence-corrected chi connectivity index (χ0v) is 17.9. The van der Waals surface area contributed by atoms with Crippen LogP contribution in [0.1, 0.15) is 31.2 Å². The maximum atomic E-state index is 12.9. The van der Waals surface area contributed by atoms with Crippen LogP contribution in [0, 0.1) is 0 Å². The molecule has 2 amide bonds. The maximum absolute atomic E-state index is 12.9. The summed E-state index contributed by atoms with van der Waals surface area (Å²) in [6.45, 7) is 1.83. The molecule has 0 spiro atoms. The second kappa shape index (κ2) is 8.86. The van der Waals surface area contributed by atoms with Crippen molar-refractivity contribution in [2.75, 3.05) is 37.1 Å². The van der Waals surface area contributed by atoms with Crippen LogP contribution < -0.4 is 24.6 Å². The Morgan fingerprint density at radius 3 is 2.70 bits per heavy atom. The van der Waals surface area contributed by atoms with Gasteiger partial charge in [-0.1, -0.05) is 17.4 Å². The molecular weight excluding hydrogens is 406 g/mol. The van der Waals surface area contributed by atoms with Crippen molar-refractivity contribution in [1.29, 1.82) is 0 Å². The van der Waals surface area contributed by atoms with Gasteiger partial charge in [-0.15, -0.1) is 10.2 Å². The molecule has 3 heterocycles. The summed E-state index contributed by atoms with van der Waals surface area (Å²) in [4.78, 5) is 28.5. The number of nitrogens with zero attached hydrogens (tertiary/aromatic N) is 4. The van der Waals surface area contributed by atoms with E-state index in [1.165, 1.54) is 11.3 Å². The van der Waals surface area contributed by atoms with E-state index in [4.69, 9.17) is 9.47 Å². The summed E-state index contributed by atoms with van der Waals surface area (Å²) >= 11 is 1.37. The van der Waals surface area contributed by atoms with Gasteiger partial charge in [-0.25, -0.2) is 0 Å². The summed E-state index contributed by atoms with van der Waals surface area (Å²) in [6, 6.07) is 5.29. The maximum Gasteiger partial charge on any atom is 0.243 e. The number of carbonyl (C=O) groups excluding carboxylic acids is 2. The second-order valence-corrected chi connectivity index (χ2v) is 8.21. The number of rotatable bonds is 7. The molecular formula is C20H25N5O4S. The molecule has 2 aliphatic rings. The third-order valence-electron chi connectivity index (χ3n) is 5.42. The average Bonchev–Trinajstić information content (AvgIpc) is 3.51. The Balaban J connectivity index is 1.40. The Hall–Kier alpha value is -2.88. The standard InChI is InChI=1S/C20H25N5O4S/c1-28-15-8-7-13(11-16(15)29-2)12-21-18(27)14-5-3-9-24(14)19-22-23-20(30-19)25-10-4-6-17(25)26/h7-8,11,14H,3-6,9-10,12H2,1-2H3,(H,21,27). The Bertz CT molecular complexity index is 934. The van der Waals surface area contributed by atoms with Gasteiger partial charge < -0.3 is 19.7 Å². The number of benzene rings is 1. The van der Waals surface area contributed by atoms with Crippen LogP contribution in [0.25, 0.3) is 0 Å². The molecule has 2 saturated heterocycles. The normalized spacial score (nSPS) is 18.7. The highest BCUT2D eigenvalue weighted by Crippen LogP contribution is 2.34. The molecule has 0 aliphatic carbocycles. The van der Waals surface area contributed by atoms with Crippen LogP contribution >= 0.6 is 11.3 Å². The molecule has 1 atom stereocenters. The van der Waals surface area contributed by atoms with Crippen LogP contribution in [0.3, 0.4) is 0 Å². The van der Waals surface area contributed by atoms with Gasteiger partial charge in [0.15, 0.2) is 11.5 Å². The van der Waals surface area contributed by atoms with E-state index in [1.807, 2.05) is 23.1 Å². The number of carbonyl (C=O) groups is 2. The van der Waals surface area contributed by atoms with Crippen molar-refractivity contribution in [2.24, 2.45) is 0 Å². The van der Waals surface area contributed by atoms with E-state index in [1.54, 1.807) is 19.1 Å². The first-order valence-electron chi connectivity index (χ1n) is 10.00. The second-order valence-electron chi connectivity index (χ2n) is 7.27. The third kappa shape index (κ3) is 4.04. The van der Waals surface area contributed by atoms with E-state index in [-0.39, 0.29) is 17.9 Å². The molecule has 2 fully saturated rings. The molecule has 1 unspecified atom stereocenters. The first-order chi connectivity index (χ1) is 14.6. The van der Waals surface area contributed by atoms with Gasteiger partial charge in [0, 0.05) is 26.1 Å². The van der Waals surface area contributed by atoms with Crippen LogP contribution in [0.2, 0.25) is 0 Å². The minimum Gasteiger partial charge on any atom is -0.493 e. The van der Waals surface area contributed by atoms with Crippen molar-refractivity contribution in [2.45, 2.75) is 38.3 Å². The monoisotopic (exact) mass is 431 g/mol. The SMILES string of the molecule is COc1ccc(CNC(=O)C2CCCN2c2nnc(N3CCCC3=O)s2)cc1OC. The summed E-state index contributed by atoms with van der Waals surface area (Å²) in [6.07, 6.45) is 3.07. The van der Waals surface area contributed by atoms with Gasteiger partial charge in [-0.05, 0) is 37.0 Å². The number of amides is 2. The zero-order chi connectivity index (χ0) is 21.1. The van der Waals surface area contributed by atoms with Gasteiger partial charge in [-0.2, -0.15) is 0 Å². The van der Waals surface area contributed by atoms with Gasteiger partial charge in [0.05, 0.1) is 14.2 Å². The van der Waals surface area contributed by atoms with E-state index in [2.05, 4.69) is 15.5 Å². The highest BCUT2D eigenvalue weighted by molar-refractivity contribution is 7.19. The first-order valence-corrected chi connectivity index (χ1v) is 10.8. The molecule has 1 N–H and O–H groups in total. The van der Waals surface area contributed by atoms with Crippen LogP contribution in [-0.2, 0) is 16.1 Å². The van der Waals surface area contributed by atoms with E-state index in [0.29, 0.717) is 41.3 Å². The average molecular weight is 432 g/mol. The molecule has 1 aromatic heterocycles. The smallest absolute Gasteiger partial charge is 0.243 e. The fraction of sp³-hybridized carbons (Fsp3) is 0.500. The summed E-state index contributed by atoms with van der Waals surface area (Å²) < 4.78 is 10.6. The van der Waals surface area contributed by atoms with Crippen molar-refractivity contribution >= 4 is 33.4 Å². The largest absolute Gasteiger partial charge is 0.493 e. The number of hydrogen-bond donors (Lipinski definition) is 1. The number of nitrogens with one attached hydrogen (secondary N) is 1. The highest BCUT2D eigenvalue weighted by atomic mass is 32.1. The summed E-state index contributed by atoms with van der Waals surface area (Å²) in [5.41, 5.74) is 0.927. The summed E-state index contributed by atoms with van der Waals surface area (Å²) in [7, 11) is 3.18. The fourth-order valence-electron chi connectivity index (χ4n) is 3.85. The van der Waals surface area contributed by atoms with Gasteiger partial charge in [-0.3, -0.25) is 14.5 Å². The molecule has 160 valence electrons. The fourth-order valence-corrected chi connectivity index (χ4v) is 4.82. The Kier molecular flexibility index (Phi) is 6.03. The van der Waals surface area contributed by atoms with Crippen LogP contribution in [-0.4, -0.2) is 55.4 Å². The minimum absolute atomic E-state index is 0.0451. The Labute approximate surface area is 179 Å². The number of anilines is 2. The van der Waals surface area contributed by atoms with E-state index in [9.17, 15) is 9.59 Å². The highest BCUT2D eigenvalue weighted by Gasteiger charge is 2.34. The van der Waals surface area contributed by atoms with Crippen LogP contribution in [0.4, 0.5) is 10.3 Å². The molecule has 0 radical (unpaired) electrons. The quantitative estimate of drug-likeness (QED) is 0.716. The van der Waals surface area contributed by atoms with Crippen molar-refractivity contribution in [1.82, 2.24) is 15.5 Å². The van der Waals surface area contributed by atoms with Crippen molar-refractivity contribution in [3.8, 4) is 11.5 Å². The Morgan fingerprint density at radius 2 is 1.97 bits per heavy atom. The lowest BCUT2D eigenvalue weighted by Gasteiger charge is -2.22. The van der Waals surface area contributed by atoms with Gasteiger partial charge in [0.1, 0.15) is 6.04 Å². The molecule has 30 heavy (non-hydrogen) atoms. The van der Waals surface area contributed by atoms with Crippen LogP contribution in [0.5, 0.6) is 11.5 Å². The lowest BCUT2D eigenvalue weighted by molar-refractivity contribution is -0.122. The predicted octanol–water partition coefficient (Wildman–Crippen LogP) is 1.97. The molecule has 10 heteroatoms. The number of aromatic nitrogens is 2. The molecule has 4 rings (SSSR count). The molecule has 0 saturated carbocycles. The van der Waals surface area contributed by atoms with Crippen LogP contribution in [0.15, 0.2) is 18.2 Å². The van der Waals surface area contributed by atoms with Crippen molar-refractivity contribution < 1.29 is 19.1 Å². The topological polar surface area (TPSA) is 96.9 Å². The van der Waals surface area contributed by atoms with Gasteiger partial charge in [0.2, 0.25) is 22.1 Å². The van der Waals surface area contributed by atoms with E-state index in [0.717, 1.165) is 31.4 Å². The minimum atomic E-state index is -0.291. The molecule has 1 aromatic carbocycles. The molecule has 2 aromatic rings. The summed E-state index contributed by atoms with van der Waals surface area (Å²) in [5.74, 6) is 1.32. The lowest BCUT2D eigenvalue weighted by Crippen LogP contribution is -2.43. The van der Waals surface area contributed by atoms with E-state index >= 15 is 0 Å². The van der Waals surface area contributed by atoms with Gasteiger partial charge >= 0.3 is 0 Å². The number of hydrogen-bond acceptors (Lipinski definition) is 8. The molecule has 9 nitrogen and oxygen atoms in total. The van der Waals surface area contributed by atoms with Gasteiger partial charge in [0.25, 0.3) is 0 Å². The van der Waals surface area contributed by atoms with E-state index < -0.39 is 0 Å². The number of ether oxygens (including phenoxy) is 2. The zero-order valence-electron chi connectivity index (χ0n) is 17.1. The van der Waals surface area contributed by atoms with Crippen molar-refractivity contribution in [3.05, 3.63) is 23.8 Å². The first kappa shape index (κ1) is 20.4. The van der Waals surface area contributed by atoms with Crippen molar-refractivity contribution in [3.63, 3.8) is 0 Å². The number of methoxy groups -OCH3 is 2. The summed E-state index contributed by atoms with van der Waals surface area (Å²) in [5, 5.41) is 12.8. The molecule has 2 aliphatic heterocycles.